The predicted octanol–water partition coefficient (Wildman–Crippen LogP) is 5.84. The Labute approximate surface area is 162 Å². The van der Waals surface area contributed by atoms with Gasteiger partial charge in [-0.2, -0.15) is 5.10 Å². The summed E-state index contributed by atoms with van der Waals surface area (Å²) in [7, 11) is 1.64. The van der Waals surface area contributed by atoms with E-state index in [4.69, 9.17) is 21.4 Å². The summed E-state index contributed by atoms with van der Waals surface area (Å²) in [6.07, 6.45) is 0.698. The number of ether oxygens (including phenoxy) is 1. The van der Waals surface area contributed by atoms with Crippen LogP contribution in [0.5, 0.6) is 5.75 Å². The van der Waals surface area contributed by atoms with E-state index in [1.54, 1.807) is 19.2 Å². The molecule has 0 spiro atoms. The molecule has 1 aliphatic heterocycles. The second-order valence-electron chi connectivity index (χ2n) is 6.34. The van der Waals surface area contributed by atoms with Crippen LogP contribution in [0.3, 0.4) is 0 Å². The van der Waals surface area contributed by atoms with Gasteiger partial charge in [0.2, 0.25) is 0 Å². The van der Waals surface area contributed by atoms with Crippen LogP contribution in [-0.4, -0.2) is 12.8 Å². The Hall–Kier alpha value is -2.85. The molecule has 1 unspecified atom stereocenters. The first-order valence-corrected chi connectivity index (χ1v) is 9.04. The molecule has 0 fully saturated rings. The third kappa shape index (κ3) is 3.53. The molecule has 4 rings (SSSR count). The van der Waals surface area contributed by atoms with Gasteiger partial charge in [0.25, 0.3) is 0 Å². The molecule has 3 aromatic carbocycles. The summed E-state index contributed by atoms with van der Waals surface area (Å²) in [4.78, 5) is 0. The molecule has 0 saturated carbocycles. The van der Waals surface area contributed by atoms with Crippen molar-refractivity contribution >= 4 is 23.0 Å². The van der Waals surface area contributed by atoms with E-state index in [1.165, 1.54) is 12.1 Å². The van der Waals surface area contributed by atoms with E-state index in [9.17, 15) is 4.39 Å². The molecule has 5 heteroatoms. The number of anilines is 1. The maximum Gasteiger partial charge on any atom is 0.123 e. The molecule has 0 aliphatic carbocycles. The summed E-state index contributed by atoms with van der Waals surface area (Å²) in [5, 5.41) is 7.41. The average Bonchev–Trinajstić information content (AvgIpc) is 3.14. The van der Waals surface area contributed by atoms with Crippen molar-refractivity contribution in [2.45, 2.75) is 12.5 Å². The van der Waals surface area contributed by atoms with Crippen LogP contribution in [-0.2, 0) is 0 Å². The molecule has 1 atom stereocenters. The van der Waals surface area contributed by atoms with Gasteiger partial charge < -0.3 is 4.74 Å². The first-order valence-electron chi connectivity index (χ1n) is 8.67. The number of rotatable bonds is 4. The molecule has 3 nitrogen and oxygen atoms in total. The van der Waals surface area contributed by atoms with Crippen molar-refractivity contribution in [2.75, 3.05) is 12.1 Å². The number of para-hydroxylation sites is 1. The van der Waals surface area contributed by atoms with Gasteiger partial charge in [0.15, 0.2) is 0 Å². The Kier molecular flexibility index (Phi) is 4.82. The number of hydrogen-bond acceptors (Lipinski definition) is 3. The van der Waals surface area contributed by atoms with Crippen LogP contribution in [0, 0.1) is 5.82 Å². The standard InChI is InChI=1S/C22H18ClFN2O/c1-27-18-12-8-15(9-13-18)20-14-22(16-6-10-17(24)11-7-16)26(25-20)21-5-3-2-4-19(21)23/h2-13,22H,14H2,1H3. The molecular weight excluding hydrogens is 363 g/mol. The third-order valence-electron chi connectivity index (χ3n) is 4.69. The van der Waals surface area contributed by atoms with E-state index in [-0.39, 0.29) is 11.9 Å². The lowest BCUT2D eigenvalue weighted by atomic mass is 9.98. The summed E-state index contributed by atoms with van der Waals surface area (Å²) in [5.41, 5.74) is 3.80. The third-order valence-corrected chi connectivity index (χ3v) is 5.01. The molecule has 0 aromatic heterocycles. The van der Waals surface area contributed by atoms with Crippen LogP contribution in [0.4, 0.5) is 10.1 Å². The number of hydrogen-bond donors (Lipinski definition) is 0. The fraction of sp³-hybridized carbons (Fsp3) is 0.136. The van der Waals surface area contributed by atoms with Gasteiger partial charge in [-0.1, -0.05) is 35.9 Å². The number of benzene rings is 3. The Bertz CT molecular complexity index is 970. The zero-order valence-electron chi connectivity index (χ0n) is 14.8. The molecule has 0 saturated heterocycles. The maximum absolute atomic E-state index is 13.4. The van der Waals surface area contributed by atoms with Crippen molar-refractivity contribution in [2.24, 2.45) is 5.10 Å². The molecule has 1 heterocycles. The minimum atomic E-state index is -0.252. The van der Waals surface area contributed by atoms with E-state index >= 15 is 0 Å². The van der Waals surface area contributed by atoms with E-state index in [0.717, 1.165) is 28.3 Å². The molecule has 3 aromatic rings. The summed E-state index contributed by atoms with van der Waals surface area (Å²) in [6, 6.07) is 22.0. The van der Waals surface area contributed by atoms with Gasteiger partial charge in [-0.15, -0.1) is 0 Å². The van der Waals surface area contributed by atoms with Crippen LogP contribution >= 0.6 is 11.6 Å². The van der Waals surface area contributed by atoms with E-state index < -0.39 is 0 Å². The summed E-state index contributed by atoms with van der Waals surface area (Å²) in [5.74, 6) is 0.549. The monoisotopic (exact) mass is 380 g/mol. The van der Waals surface area contributed by atoms with Gasteiger partial charge in [-0.05, 0) is 59.7 Å². The smallest absolute Gasteiger partial charge is 0.123 e. The zero-order chi connectivity index (χ0) is 18.8. The highest BCUT2D eigenvalue weighted by Crippen LogP contribution is 2.39. The highest BCUT2D eigenvalue weighted by Gasteiger charge is 2.30. The first kappa shape index (κ1) is 17.6. The Morgan fingerprint density at radius 3 is 2.37 bits per heavy atom. The molecule has 0 radical (unpaired) electrons. The topological polar surface area (TPSA) is 24.8 Å². The van der Waals surface area contributed by atoms with E-state index in [0.29, 0.717) is 11.4 Å². The minimum Gasteiger partial charge on any atom is -0.497 e. The van der Waals surface area contributed by atoms with Crippen molar-refractivity contribution in [3.63, 3.8) is 0 Å². The van der Waals surface area contributed by atoms with Gasteiger partial charge in [-0.25, -0.2) is 4.39 Å². The predicted molar refractivity (Wildman–Crippen MR) is 107 cm³/mol. The van der Waals surface area contributed by atoms with Gasteiger partial charge in [0.05, 0.1) is 29.6 Å². The largest absolute Gasteiger partial charge is 0.497 e. The fourth-order valence-electron chi connectivity index (χ4n) is 3.27. The van der Waals surface area contributed by atoms with Crippen molar-refractivity contribution in [3.8, 4) is 5.75 Å². The second kappa shape index (κ2) is 7.41. The Balaban J connectivity index is 1.75. The SMILES string of the molecule is COc1ccc(C2=NN(c3ccccc3Cl)C(c3ccc(F)cc3)C2)cc1. The molecule has 136 valence electrons. The number of nitrogens with zero attached hydrogens (tertiary/aromatic N) is 2. The normalized spacial score (nSPS) is 16.3. The minimum absolute atomic E-state index is 0.0531. The molecule has 0 amide bonds. The van der Waals surface area contributed by atoms with Gasteiger partial charge >= 0.3 is 0 Å². The van der Waals surface area contributed by atoms with Gasteiger partial charge in [0.1, 0.15) is 11.6 Å². The van der Waals surface area contributed by atoms with Crippen molar-refractivity contribution in [1.82, 2.24) is 0 Å². The molecule has 0 bridgehead atoms. The Morgan fingerprint density at radius 2 is 1.70 bits per heavy atom. The van der Waals surface area contributed by atoms with Crippen molar-refractivity contribution in [3.05, 3.63) is 94.8 Å². The molecule has 27 heavy (non-hydrogen) atoms. The summed E-state index contributed by atoms with van der Waals surface area (Å²) < 4.78 is 18.6. The summed E-state index contributed by atoms with van der Waals surface area (Å²) >= 11 is 6.43. The highest BCUT2D eigenvalue weighted by molar-refractivity contribution is 6.33. The average molecular weight is 381 g/mol. The van der Waals surface area contributed by atoms with Gasteiger partial charge in [-0.3, -0.25) is 5.01 Å². The van der Waals surface area contributed by atoms with Crippen LogP contribution in [0.1, 0.15) is 23.6 Å². The van der Waals surface area contributed by atoms with E-state index in [1.807, 2.05) is 53.5 Å². The van der Waals surface area contributed by atoms with Crippen LogP contribution in [0.2, 0.25) is 5.02 Å². The second-order valence-corrected chi connectivity index (χ2v) is 6.75. The van der Waals surface area contributed by atoms with Gasteiger partial charge in [0, 0.05) is 6.42 Å². The number of hydrazone groups is 1. The van der Waals surface area contributed by atoms with E-state index in [2.05, 4.69) is 0 Å². The Morgan fingerprint density at radius 1 is 1.00 bits per heavy atom. The quantitative estimate of drug-likeness (QED) is 0.567. The lowest BCUT2D eigenvalue weighted by Gasteiger charge is -2.24. The summed E-state index contributed by atoms with van der Waals surface area (Å²) in [6.45, 7) is 0. The maximum atomic E-state index is 13.4. The lowest BCUT2D eigenvalue weighted by molar-refractivity contribution is 0.415. The number of halogens is 2. The zero-order valence-corrected chi connectivity index (χ0v) is 15.5. The van der Waals surface area contributed by atoms with Crippen LogP contribution in [0.15, 0.2) is 77.9 Å². The van der Waals surface area contributed by atoms with Crippen LogP contribution < -0.4 is 9.75 Å². The molecule has 1 aliphatic rings. The molecular formula is C22H18ClFN2O. The lowest BCUT2D eigenvalue weighted by Crippen LogP contribution is -2.18. The van der Waals surface area contributed by atoms with Crippen LogP contribution in [0.25, 0.3) is 0 Å². The molecule has 0 N–H and O–H groups in total. The fourth-order valence-corrected chi connectivity index (χ4v) is 3.49. The number of methoxy groups -OCH3 is 1. The van der Waals surface area contributed by atoms with Crippen molar-refractivity contribution in [1.29, 1.82) is 0 Å². The van der Waals surface area contributed by atoms with Crippen molar-refractivity contribution < 1.29 is 9.13 Å². The first-order chi connectivity index (χ1) is 13.2. The highest BCUT2D eigenvalue weighted by atomic mass is 35.5.